The molecule has 2 aromatic heterocycles. The monoisotopic (exact) mass is 258 g/mol. The standard InChI is InChI=1S/C11H7ClN6/c12-7-1-2-10-9(3-7)11-5-14-15-17(11)6-8-4-13-16-18(8)10/h1-5H,6H2. The van der Waals surface area contributed by atoms with E-state index in [9.17, 15) is 0 Å². The van der Waals surface area contributed by atoms with Crippen LogP contribution in [0.5, 0.6) is 0 Å². The van der Waals surface area contributed by atoms with Crippen LogP contribution in [0, 0.1) is 0 Å². The predicted molar refractivity (Wildman–Crippen MR) is 64.5 cm³/mol. The van der Waals surface area contributed by atoms with Gasteiger partial charge >= 0.3 is 0 Å². The Kier molecular flexibility index (Phi) is 1.84. The maximum Gasteiger partial charge on any atom is 0.0912 e. The molecule has 1 aromatic carbocycles. The van der Waals surface area contributed by atoms with Crippen LogP contribution in [-0.4, -0.2) is 30.0 Å². The van der Waals surface area contributed by atoms with Crippen molar-refractivity contribution in [1.82, 2.24) is 30.0 Å². The SMILES string of the molecule is Clc1ccc2c(c1)-c1cnnn1Cc1cnnn1-2. The number of aromatic nitrogens is 6. The lowest BCUT2D eigenvalue weighted by atomic mass is 10.1. The first-order chi connectivity index (χ1) is 8.83. The third-order valence-electron chi connectivity index (χ3n) is 3.01. The van der Waals surface area contributed by atoms with Crippen molar-refractivity contribution in [3.05, 3.63) is 41.3 Å². The Bertz CT molecular complexity index is 744. The van der Waals surface area contributed by atoms with Gasteiger partial charge in [-0.15, -0.1) is 10.2 Å². The van der Waals surface area contributed by atoms with E-state index in [0.29, 0.717) is 11.6 Å². The summed E-state index contributed by atoms with van der Waals surface area (Å²) in [6.45, 7) is 0.592. The molecular formula is C11H7ClN6. The van der Waals surface area contributed by atoms with Gasteiger partial charge in [-0.3, -0.25) is 0 Å². The minimum Gasteiger partial charge on any atom is -0.239 e. The van der Waals surface area contributed by atoms with Crippen molar-refractivity contribution in [2.24, 2.45) is 0 Å². The Morgan fingerprint density at radius 1 is 1.11 bits per heavy atom. The number of nitrogens with zero attached hydrogens (tertiary/aromatic N) is 6. The van der Waals surface area contributed by atoms with E-state index in [2.05, 4.69) is 20.6 Å². The van der Waals surface area contributed by atoms with Crippen molar-refractivity contribution in [2.75, 3.05) is 0 Å². The van der Waals surface area contributed by atoms with Crippen LogP contribution in [-0.2, 0) is 6.54 Å². The quantitative estimate of drug-likeness (QED) is 0.480. The second-order valence-electron chi connectivity index (χ2n) is 4.08. The fourth-order valence-corrected chi connectivity index (χ4v) is 2.37. The van der Waals surface area contributed by atoms with E-state index in [1.165, 1.54) is 0 Å². The molecule has 0 spiro atoms. The third kappa shape index (κ3) is 1.23. The molecular weight excluding hydrogens is 252 g/mol. The van der Waals surface area contributed by atoms with E-state index in [-0.39, 0.29) is 0 Å². The molecule has 0 fully saturated rings. The Hall–Kier alpha value is -2.21. The van der Waals surface area contributed by atoms with E-state index in [4.69, 9.17) is 11.6 Å². The molecule has 1 aliphatic rings. The Morgan fingerprint density at radius 2 is 2.00 bits per heavy atom. The molecule has 3 aromatic rings. The fourth-order valence-electron chi connectivity index (χ4n) is 2.20. The molecule has 4 rings (SSSR count). The van der Waals surface area contributed by atoms with Crippen molar-refractivity contribution in [3.63, 3.8) is 0 Å². The molecule has 0 saturated heterocycles. The van der Waals surface area contributed by atoms with Gasteiger partial charge in [0.2, 0.25) is 0 Å². The van der Waals surface area contributed by atoms with E-state index < -0.39 is 0 Å². The van der Waals surface area contributed by atoms with Crippen molar-refractivity contribution in [1.29, 1.82) is 0 Å². The Labute approximate surface area is 107 Å². The Balaban J connectivity index is 2.13. The highest BCUT2D eigenvalue weighted by atomic mass is 35.5. The van der Waals surface area contributed by atoms with Gasteiger partial charge in [0.1, 0.15) is 0 Å². The zero-order valence-corrected chi connectivity index (χ0v) is 9.91. The molecule has 0 saturated carbocycles. The highest BCUT2D eigenvalue weighted by molar-refractivity contribution is 6.31. The van der Waals surface area contributed by atoms with E-state index >= 15 is 0 Å². The normalized spacial score (nSPS) is 12.5. The minimum absolute atomic E-state index is 0.592. The molecule has 88 valence electrons. The molecule has 0 atom stereocenters. The number of hydrogen-bond acceptors (Lipinski definition) is 4. The predicted octanol–water partition coefficient (Wildman–Crippen LogP) is 1.54. The molecule has 7 heteroatoms. The first kappa shape index (κ1) is 9.78. The topological polar surface area (TPSA) is 61.4 Å². The summed E-state index contributed by atoms with van der Waals surface area (Å²) in [4.78, 5) is 0. The molecule has 18 heavy (non-hydrogen) atoms. The largest absolute Gasteiger partial charge is 0.239 e. The van der Waals surface area contributed by atoms with E-state index in [1.54, 1.807) is 17.1 Å². The van der Waals surface area contributed by atoms with Gasteiger partial charge in [-0.25, -0.2) is 9.36 Å². The molecule has 0 radical (unpaired) electrons. The average Bonchev–Trinajstić information content (AvgIpc) is 2.97. The average molecular weight is 259 g/mol. The van der Waals surface area contributed by atoms with E-state index in [0.717, 1.165) is 22.6 Å². The van der Waals surface area contributed by atoms with Gasteiger partial charge in [0.05, 0.1) is 36.0 Å². The molecule has 0 unspecified atom stereocenters. The second-order valence-corrected chi connectivity index (χ2v) is 4.51. The van der Waals surface area contributed by atoms with Crippen LogP contribution in [0.3, 0.4) is 0 Å². The molecule has 6 nitrogen and oxygen atoms in total. The van der Waals surface area contributed by atoms with Crippen molar-refractivity contribution in [3.8, 4) is 16.9 Å². The minimum atomic E-state index is 0.592. The van der Waals surface area contributed by atoms with Crippen LogP contribution < -0.4 is 0 Å². The summed E-state index contributed by atoms with van der Waals surface area (Å²) in [5.41, 5.74) is 3.78. The summed E-state index contributed by atoms with van der Waals surface area (Å²) in [6.07, 6.45) is 3.46. The lowest BCUT2D eigenvalue weighted by Crippen LogP contribution is -2.05. The van der Waals surface area contributed by atoms with E-state index in [1.807, 2.05) is 22.9 Å². The summed E-state index contributed by atoms with van der Waals surface area (Å²) in [5.74, 6) is 0. The molecule has 3 heterocycles. The van der Waals surface area contributed by atoms with Crippen molar-refractivity contribution >= 4 is 11.6 Å². The zero-order chi connectivity index (χ0) is 12.1. The van der Waals surface area contributed by atoms with Crippen LogP contribution in [0.15, 0.2) is 30.6 Å². The van der Waals surface area contributed by atoms with Crippen molar-refractivity contribution < 1.29 is 0 Å². The summed E-state index contributed by atoms with van der Waals surface area (Å²) < 4.78 is 3.62. The fraction of sp³-hybridized carbons (Fsp3) is 0.0909. The lowest BCUT2D eigenvalue weighted by Gasteiger charge is -2.06. The smallest absolute Gasteiger partial charge is 0.0912 e. The van der Waals surface area contributed by atoms with Crippen LogP contribution in [0.2, 0.25) is 5.02 Å². The molecule has 1 aliphatic heterocycles. The zero-order valence-electron chi connectivity index (χ0n) is 9.16. The van der Waals surface area contributed by atoms with Crippen LogP contribution in [0.4, 0.5) is 0 Å². The number of halogens is 1. The van der Waals surface area contributed by atoms with Gasteiger partial charge in [0.15, 0.2) is 0 Å². The van der Waals surface area contributed by atoms with Crippen LogP contribution >= 0.6 is 11.6 Å². The first-order valence-electron chi connectivity index (χ1n) is 5.41. The van der Waals surface area contributed by atoms with Gasteiger partial charge in [0, 0.05) is 10.6 Å². The number of rotatable bonds is 0. The molecule has 0 aliphatic carbocycles. The summed E-state index contributed by atoms with van der Waals surface area (Å²) in [5, 5.41) is 16.8. The lowest BCUT2D eigenvalue weighted by molar-refractivity contribution is 0.633. The van der Waals surface area contributed by atoms with Gasteiger partial charge in [0.25, 0.3) is 0 Å². The second kappa shape index (κ2) is 3.39. The summed E-state index contributed by atoms with van der Waals surface area (Å²) in [6, 6.07) is 5.66. The number of hydrogen-bond donors (Lipinski definition) is 0. The van der Waals surface area contributed by atoms with Crippen LogP contribution in [0.25, 0.3) is 16.9 Å². The maximum absolute atomic E-state index is 6.07. The maximum atomic E-state index is 6.07. The number of fused-ring (bicyclic) bond motifs is 5. The Morgan fingerprint density at radius 3 is 2.94 bits per heavy atom. The van der Waals surface area contributed by atoms with Gasteiger partial charge in [-0.1, -0.05) is 22.0 Å². The van der Waals surface area contributed by atoms with Gasteiger partial charge in [-0.2, -0.15) is 0 Å². The molecule has 0 amide bonds. The first-order valence-corrected chi connectivity index (χ1v) is 5.79. The van der Waals surface area contributed by atoms with Gasteiger partial charge in [-0.05, 0) is 18.2 Å². The summed E-state index contributed by atoms with van der Waals surface area (Å²) >= 11 is 6.07. The van der Waals surface area contributed by atoms with Crippen LogP contribution in [0.1, 0.15) is 5.69 Å². The number of benzene rings is 1. The molecule has 0 bridgehead atoms. The van der Waals surface area contributed by atoms with Crippen molar-refractivity contribution in [2.45, 2.75) is 6.54 Å². The highest BCUT2D eigenvalue weighted by Gasteiger charge is 2.21. The highest BCUT2D eigenvalue weighted by Crippen LogP contribution is 2.31. The summed E-state index contributed by atoms with van der Waals surface area (Å²) in [7, 11) is 0. The van der Waals surface area contributed by atoms with Gasteiger partial charge < -0.3 is 0 Å². The third-order valence-corrected chi connectivity index (χ3v) is 3.25. The molecule has 0 N–H and O–H groups in total.